The van der Waals surface area contributed by atoms with Crippen molar-refractivity contribution in [3.8, 4) is 11.1 Å². The number of benzene rings is 2. The Morgan fingerprint density at radius 3 is 2.27 bits per heavy atom. The number of carboxylic acid groups (broad SMARTS) is 1. The number of hydrogen-bond acceptors (Lipinski definition) is 4. The Bertz CT molecular complexity index is 1010. The average molecular weight is 451 g/mol. The van der Waals surface area contributed by atoms with Crippen LogP contribution in [0.5, 0.6) is 0 Å². The standard InChI is InChI=1S/C26H30N2O5/c1-3-23(24(29)28-14-8-13-17(16(28)2)25(30)31)27-26(32)33-15-22-20-11-6-4-9-18(20)19-10-5-7-12-21(19)22/h4-7,9-12,16-17,22-23H,3,8,13-15H2,1-2H3,(H,27,32)(H,30,31)/t16-,17-,23?/m1/s1. The summed E-state index contributed by atoms with van der Waals surface area (Å²) in [6.07, 6.45) is 0.937. The van der Waals surface area contributed by atoms with E-state index in [-0.39, 0.29) is 18.4 Å². The third-order valence-electron chi connectivity index (χ3n) is 6.93. The number of nitrogens with zero attached hydrogens (tertiary/aromatic N) is 1. The third-order valence-corrected chi connectivity index (χ3v) is 6.93. The average Bonchev–Trinajstić information content (AvgIpc) is 3.14. The van der Waals surface area contributed by atoms with Gasteiger partial charge in [0.15, 0.2) is 0 Å². The van der Waals surface area contributed by atoms with Gasteiger partial charge in [0.25, 0.3) is 0 Å². The second-order valence-electron chi connectivity index (χ2n) is 8.79. The molecule has 1 saturated heterocycles. The quantitative estimate of drug-likeness (QED) is 0.693. The molecule has 1 fully saturated rings. The van der Waals surface area contributed by atoms with Gasteiger partial charge in [-0.3, -0.25) is 9.59 Å². The van der Waals surface area contributed by atoms with E-state index < -0.39 is 30.1 Å². The van der Waals surface area contributed by atoms with Crippen molar-refractivity contribution >= 4 is 18.0 Å². The van der Waals surface area contributed by atoms with Crippen molar-refractivity contribution in [1.82, 2.24) is 10.2 Å². The van der Waals surface area contributed by atoms with E-state index in [2.05, 4.69) is 29.6 Å². The first-order valence-corrected chi connectivity index (χ1v) is 11.6. The van der Waals surface area contributed by atoms with Gasteiger partial charge in [0.05, 0.1) is 5.92 Å². The molecule has 1 unspecified atom stereocenters. The van der Waals surface area contributed by atoms with Crippen LogP contribution in [0.1, 0.15) is 50.2 Å². The minimum Gasteiger partial charge on any atom is -0.481 e. The summed E-state index contributed by atoms with van der Waals surface area (Å²) in [4.78, 5) is 38.8. The van der Waals surface area contributed by atoms with Crippen molar-refractivity contribution in [3.63, 3.8) is 0 Å². The van der Waals surface area contributed by atoms with Crippen molar-refractivity contribution in [2.75, 3.05) is 13.2 Å². The number of amides is 2. The molecule has 174 valence electrons. The molecule has 0 spiro atoms. The number of fused-ring (bicyclic) bond motifs is 3. The molecule has 0 aromatic heterocycles. The number of rotatable bonds is 6. The van der Waals surface area contributed by atoms with Crippen molar-refractivity contribution < 1.29 is 24.2 Å². The molecule has 7 nitrogen and oxygen atoms in total. The molecular formula is C26H30N2O5. The maximum atomic E-state index is 13.1. The highest BCUT2D eigenvalue weighted by Crippen LogP contribution is 2.44. The lowest BCUT2D eigenvalue weighted by atomic mass is 9.89. The zero-order chi connectivity index (χ0) is 23.5. The molecule has 0 saturated carbocycles. The molecule has 2 aromatic rings. The molecule has 2 amide bonds. The molecule has 7 heteroatoms. The highest BCUT2D eigenvalue weighted by molar-refractivity contribution is 5.87. The number of carbonyl (C=O) groups is 3. The first-order chi connectivity index (χ1) is 15.9. The highest BCUT2D eigenvalue weighted by atomic mass is 16.5. The molecule has 2 aromatic carbocycles. The lowest BCUT2D eigenvalue weighted by Gasteiger charge is -2.39. The van der Waals surface area contributed by atoms with Crippen molar-refractivity contribution in [3.05, 3.63) is 59.7 Å². The van der Waals surface area contributed by atoms with Crippen molar-refractivity contribution in [1.29, 1.82) is 0 Å². The zero-order valence-corrected chi connectivity index (χ0v) is 19.0. The fourth-order valence-corrected chi connectivity index (χ4v) is 5.11. The van der Waals surface area contributed by atoms with E-state index in [0.717, 1.165) is 22.3 Å². The fraction of sp³-hybridized carbons (Fsp3) is 0.423. The van der Waals surface area contributed by atoms with Crippen LogP contribution in [0.4, 0.5) is 4.79 Å². The van der Waals surface area contributed by atoms with Gasteiger partial charge in [-0.2, -0.15) is 0 Å². The summed E-state index contributed by atoms with van der Waals surface area (Å²) < 4.78 is 5.58. The van der Waals surface area contributed by atoms with Crippen molar-refractivity contribution in [2.24, 2.45) is 5.92 Å². The molecule has 1 heterocycles. The second kappa shape index (κ2) is 9.65. The van der Waals surface area contributed by atoms with Crippen LogP contribution >= 0.6 is 0 Å². The van der Waals surface area contributed by atoms with E-state index in [1.54, 1.807) is 11.8 Å². The van der Waals surface area contributed by atoms with Crippen LogP contribution in [0, 0.1) is 5.92 Å². The number of piperidine rings is 1. The van der Waals surface area contributed by atoms with Crippen LogP contribution in [-0.2, 0) is 14.3 Å². The molecule has 2 N–H and O–H groups in total. The number of hydrogen-bond donors (Lipinski definition) is 2. The summed E-state index contributed by atoms with van der Waals surface area (Å²) in [5, 5.41) is 12.1. The number of ether oxygens (including phenoxy) is 1. The van der Waals surface area contributed by atoms with Gasteiger partial charge < -0.3 is 20.1 Å². The van der Waals surface area contributed by atoms with Gasteiger partial charge in [0, 0.05) is 18.5 Å². The summed E-state index contributed by atoms with van der Waals surface area (Å²) in [7, 11) is 0. The van der Waals surface area contributed by atoms with E-state index in [1.807, 2.05) is 31.2 Å². The van der Waals surface area contributed by atoms with Gasteiger partial charge >= 0.3 is 12.1 Å². The number of nitrogens with one attached hydrogen (secondary N) is 1. The van der Waals surface area contributed by atoms with E-state index in [0.29, 0.717) is 25.8 Å². The van der Waals surface area contributed by atoms with E-state index in [1.165, 1.54) is 0 Å². The maximum Gasteiger partial charge on any atom is 0.407 e. The monoisotopic (exact) mass is 450 g/mol. The zero-order valence-electron chi connectivity index (χ0n) is 19.0. The maximum absolute atomic E-state index is 13.1. The highest BCUT2D eigenvalue weighted by Gasteiger charge is 2.38. The van der Waals surface area contributed by atoms with Crippen LogP contribution < -0.4 is 5.32 Å². The molecule has 1 aliphatic carbocycles. The fourth-order valence-electron chi connectivity index (χ4n) is 5.11. The Morgan fingerprint density at radius 2 is 1.70 bits per heavy atom. The topological polar surface area (TPSA) is 95.9 Å². The summed E-state index contributed by atoms with van der Waals surface area (Å²) in [6, 6.07) is 15.0. The Morgan fingerprint density at radius 1 is 1.09 bits per heavy atom. The molecule has 0 bridgehead atoms. The largest absolute Gasteiger partial charge is 0.481 e. The first kappa shape index (κ1) is 22.8. The molecule has 33 heavy (non-hydrogen) atoms. The predicted octanol–water partition coefficient (Wildman–Crippen LogP) is 4.02. The number of alkyl carbamates (subject to hydrolysis) is 1. The van der Waals surface area contributed by atoms with Gasteiger partial charge in [-0.05, 0) is 48.4 Å². The minimum atomic E-state index is -0.891. The summed E-state index contributed by atoms with van der Waals surface area (Å²) in [5.41, 5.74) is 4.54. The van der Waals surface area contributed by atoms with E-state index >= 15 is 0 Å². The smallest absolute Gasteiger partial charge is 0.407 e. The number of carboxylic acids is 1. The normalized spacial score (nSPS) is 20.5. The number of aliphatic carboxylic acids is 1. The lowest BCUT2D eigenvalue weighted by Crippen LogP contribution is -2.55. The molecule has 0 radical (unpaired) electrons. The Kier molecular flexibility index (Phi) is 6.67. The molecule has 2 aliphatic rings. The van der Waals surface area contributed by atoms with Gasteiger partial charge in [0.2, 0.25) is 5.91 Å². The summed E-state index contributed by atoms with van der Waals surface area (Å²) in [6.45, 7) is 4.24. The Labute approximate surface area is 193 Å². The van der Waals surface area contributed by atoms with Crippen LogP contribution in [0.3, 0.4) is 0 Å². The second-order valence-corrected chi connectivity index (χ2v) is 8.79. The number of carbonyl (C=O) groups excluding carboxylic acids is 2. The van der Waals surface area contributed by atoms with Crippen LogP contribution in [-0.4, -0.2) is 53.2 Å². The van der Waals surface area contributed by atoms with Gasteiger partial charge in [0.1, 0.15) is 12.6 Å². The molecule has 1 aliphatic heterocycles. The molecular weight excluding hydrogens is 420 g/mol. The SMILES string of the molecule is CCC(NC(=O)OCC1c2ccccc2-c2ccccc21)C(=O)N1CCC[C@@H](C(=O)O)[C@H]1C. The first-order valence-electron chi connectivity index (χ1n) is 11.6. The van der Waals surface area contributed by atoms with Crippen LogP contribution in [0.25, 0.3) is 11.1 Å². The Balaban J connectivity index is 1.40. The van der Waals surface area contributed by atoms with E-state index in [4.69, 9.17) is 4.74 Å². The predicted molar refractivity (Wildman–Crippen MR) is 124 cm³/mol. The molecule has 3 atom stereocenters. The van der Waals surface area contributed by atoms with Gasteiger partial charge in [-0.25, -0.2) is 4.79 Å². The Hall–Kier alpha value is -3.35. The van der Waals surface area contributed by atoms with Gasteiger partial charge in [-0.1, -0.05) is 55.5 Å². The van der Waals surface area contributed by atoms with Gasteiger partial charge in [-0.15, -0.1) is 0 Å². The van der Waals surface area contributed by atoms with Crippen molar-refractivity contribution in [2.45, 2.75) is 51.1 Å². The van der Waals surface area contributed by atoms with Crippen LogP contribution in [0.2, 0.25) is 0 Å². The molecule has 4 rings (SSSR count). The number of likely N-dealkylation sites (tertiary alicyclic amines) is 1. The summed E-state index contributed by atoms with van der Waals surface area (Å²) in [5.74, 6) is -1.80. The third kappa shape index (κ3) is 4.45. The van der Waals surface area contributed by atoms with Crippen LogP contribution in [0.15, 0.2) is 48.5 Å². The summed E-state index contributed by atoms with van der Waals surface area (Å²) >= 11 is 0. The van der Waals surface area contributed by atoms with E-state index in [9.17, 15) is 19.5 Å². The minimum absolute atomic E-state index is 0.0580. The lowest BCUT2D eigenvalue weighted by molar-refractivity contribution is -0.149.